The van der Waals surface area contributed by atoms with Crippen molar-refractivity contribution in [3.63, 3.8) is 0 Å². The van der Waals surface area contributed by atoms with Crippen LogP contribution >= 0.6 is 11.6 Å². The minimum atomic E-state index is -3.80. The number of aryl methyl sites for hydroxylation is 1. The lowest BCUT2D eigenvalue weighted by molar-refractivity contribution is 0.592. The topological polar surface area (TPSA) is 64.0 Å². The molecule has 0 aliphatic rings. The smallest absolute Gasteiger partial charge is 0.200 e. The summed E-state index contributed by atoms with van der Waals surface area (Å²) in [6.45, 7) is 1.98. The van der Waals surface area contributed by atoms with Gasteiger partial charge in [0.15, 0.2) is 0 Å². The van der Waals surface area contributed by atoms with E-state index in [1.807, 2.05) is 49.4 Å². The molecule has 7 heteroatoms. The van der Waals surface area contributed by atoms with Gasteiger partial charge in [0, 0.05) is 16.1 Å². The second kappa shape index (κ2) is 7.73. The van der Waals surface area contributed by atoms with Crippen LogP contribution in [0.1, 0.15) is 5.56 Å². The molecule has 1 aromatic heterocycles. The van der Waals surface area contributed by atoms with Crippen molar-refractivity contribution in [3.8, 4) is 22.5 Å². The first-order valence-electron chi connectivity index (χ1n) is 8.93. The summed E-state index contributed by atoms with van der Waals surface area (Å²) in [6.07, 6.45) is 0. The van der Waals surface area contributed by atoms with Crippen LogP contribution in [0.2, 0.25) is 5.02 Å². The molecular weight excluding hydrogens is 406 g/mol. The molecule has 1 heterocycles. The highest BCUT2D eigenvalue weighted by Gasteiger charge is 2.19. The molecule has 5 nitrogen and oxygen atoms in total. The van der Waals surface area contributed by atoms with Crippen LogP contribution in [-0.2, 0) is 10.0 Å². The molecule has 0 saturated carbocycles. The maximum absolute atomic E-state index is 12.9. The lowest BCUT2D eigenvalue weighted by Gasteiger charge is -2.11. The van der Waals surface area contributed by atoms with Gasteiger partial charge in [-0.05, 0) is 43.3 Å². The highest BCUT2D eigenvalue weighted by atomic mass is 35.5. The number of benzene rings is 3. The van der Waals surface area contributed by atoms with E-state index in [1.165, 1.54) is 16.9 Å². The third-order valence-corrected chi connectivity index (χ3v) is 5.98. The summed E-state index contributed by atoms with van der Waals surface area (Å²) < 4.78 is 25.7. The van der Waals surface area contributed by atoms with Crippen molar-refractivity contribution in [1.82, 2.24) is 9.89 Å². The van der Waals surface area contributed by atoms with Crippen LogP contribution in [0.3, 0.4) is 0 Å². The maximum atomic E-state index is 12.9. The van der Waals surface area contributed by atoms with E-state index in [4.69, 9.17) is 11.6 Å². The van der Waals surface area contributed by atoms with Crippen LogP contribution in [-0.4, -0.2) is 18.3 Å². The quantitative estimate of drug-likeness (QED) is 0.485. The van der Waals surface area contributed by atoms with Gasteiger partial charge in [-0.15, -0.1) is 0 Å². The molecule has 0 aliphatic carbocycles. The Labute approximate surface area is 174 Å². The Morgan fingerprint density at radius 1 is 0.862 bits per heavy atom. The first kappa shape index (κ1) is 19.2. The Morgan fingerprint density at radius 2 is 1.59 bits per heavy atom. The summed E-state index contributed by atoms with van der Waals surface area (Å²) in [7, 11) is -3.80. The van der Waals surface area contributed by atoms with E-state index in [0.717, 1.165) is 16.7 Å². The zero-order valence-corrected chi connectivity index (χ0v) is 17.2. The summed E-state index contributed by atoms with van der Waals surface area (Å²) in [5.74, 6) is 0. The van der Waals surface area contributed by atoms with E-state index in [0.29, 0.717) is 16.4 Å². The Morgan fingerprint density at radius 3 is 2.28 bits per heavy atom. The van der Waals surface area contributed by atoms with Crippen LogP contribution in [0.15, 0.2) is 89.8 Å². The molecule has 0 fully saturated rings. The van der Waals surface area contributed by atoms with Crippen molar-refractivity contribution >= 4 is 21.6 Å². The van der Waals surface area contributed by atoms with Crippen molar-refractivity contribution in [3.05, 3.63) is 95.5 Å². The molecule has 0 amide bonds. The zero-order chi connectivity index (χ0) is 20.4. The lowest BCUT2D eigenvalue weighted by Crippen LogP contribution is -2.25. The molecule has 0 aliphatic heterocycles. The second-order valence-electron chi connectivity index (χ2n) is 6.61. The van der Waals surface area contributed by atoms with E-state index in [1.54, 1.807) is 30.3 Å². The minimum Gasteiger partial charge on any atom is -0.200 e. The maximum Gasteiger partial charge on any atom is 0.276 e. The average Bonchev–Trinajstić information content (AvgIpc) is 3.12. The standard InChI is InChI=1S/C22H18ClN3O2S/c1-16-6-5-7-18(14-16)22-15-21(17-10-12-19(23)13-11-17)24-26(22)25-29(27,28)20-8-3-2-4-9-20/h2-15,25H,1H3. The fourth-order valence-electron chi connectivity index (χ4n) is 2.99. The van der Waals surface area contributed by atoms with Crippen LogP contribution in [0, 0.1) is 6.92 Å². The molecule has 29 heavy (non-hydrogen) atoms. The van der Waals surface area contributed by atoms with Gasteiger partial charge in [0.2, 0.25) is 0 Å². The number of hydrogen-bond acceptors (Lipinski definition) is 3. The van der Waals surface area contributed by atoms with Crippen molar-refractivity contribution < 1.29 is 8.42 Å². The Hall–Kier alpha value is -3.09. The molecule has 146 valence electrons. The van der Waals surface area contributed by atoms with Gasteiger partial charge in [-0.2, -0.15) is 23.1 Å². The van der Waals surface area contributed by atoms with Crippen molar-refractivity contribution in [2.45, 2.75) is 11.8 Å². The molecule has 4 aromatic rings. The van der Waals surface area contributed by atoms with Gasteiger partial charge in [0.25, 0.3) is 10.0 Å². The Bertz CT molecular complexity index is 1250. The average molecular weight is 424 g/mol. The van der Waals surface area contributed by atoms with Crippen molar-refractivity contribution in [2.24, 2.45) is 0 Å². The number of aromatic nitrogens is 2. The van der Waals surface area contributed by atoms with Crippen LogP contribution < -0.4 is 4.83 Å². The first-order valence-corrected chi connectivity index (χ1v) is 10.8. The predicted molar refractivity (Wildman–Crippen MR) is 116 cm³/mol. The molecular formula is C22H18ClN3O2S. The number of nitrogens with one attached hydrogen (secondary N) is 1. The van der Waals surface area contributed by atoms with Crippen molar-refractivity contribution in [1.29, 1.82) is 0 Å². The number of nitrogens with zero attached hydrogens (tertiary/aromatic N) is 2. The Balaban J connectivity index is 1.82. The molecule has 0 radical (unpaired) electrons. The number of hydrogen-bond donors (Lipinski definition) is 1. The molecule has 0 bridgehead atoms. The minimum absolute atomic E-state index is 0.165. The number of halogens is 1. The van der Waals surface area contributed by atoms with E-state index < -0.39 is 10.0 Å². The first-order chi connectivity index (χ1) is 13.9. The summed E-state index contributed by atoms with van der Waals surface area (Å²) in [4.78, 5) is 4.05. The fourth-order valence-corrected chi connectivity index (χ4v) is 4.10. The normalized spacial score (nSPS) is 11.4. The van der Waals surface area contributed by atoms with E-state index >= 15 is 0 Å². The van der Waals surface area contributed by atoms with Gasteiger partial charge in [0.05, 0.1) is 16.3 Å². The third-order valence-electron chi connectivity index (χ3n) is 4.42. The fraction of sp³-hybridized carbons (Fsp3) is 0.0455. The monoisotopic (exact) mass is 423 g/mol. The third kappa shape index (κ3) is 4.18. The summed E-state index contributed by atoms with van der Waals surface area (Å²) in [5.41, 5.74) is 4.02. The molecule has 4 rings (SSSR count). The van der Waals surface area contributed by atoms with E-state index in [2.05, 4.69) is 9.93 Å². The van der Waals surface area contributed by atoms with Gasteiger partial charge in [-0.1, -0.05) is 65.7 Å². The SMILES string of the molecule is Cc1cccc(-c2cc(-c3ccc(Cl)cc3)nn2NS(=O)(=O)c2ccccc2)c1. The number of sulfonamides is 1. The highest BCUT2D eigenvalue weighted by Crippen LogP contribution is 2.27. The van der Waals surface area contributed by atoms with Gasteiger partial charge in [0.1, 0.15) is 0 Å². The lowest BCUT2D eigenvalue weighted by atomic mass is 10.1. The summed E-state index contributed by atoms with van der Waals surface area (Å²) in [5, 5.41) is 5.13. The van der Waals surface area contributed by atoms with Crippen LogP contribution in [0.4, 0.5) is 0 Å². The molecule has 1 N–H and O–H groups in total. The predicted octanol–water partition coefficient (Wildman–Crippen LogP) is 5.11. The largest absolute Gasteiger partial charge is 0.276 e. The summed E-state index contributed by atoms with van der Waals surface area (Å²) >= 11 is 5.99. The number of rotatable bonds is 5. The molecule has 3 aromatic carbocycles. The van der Waals surface area contributed by atoms with Gasteiger partial charge in [-0.25, -0.2) is 0 Å². The van der Waals surface area contributed by atoms with Gasteiger partial charge >= 0.3 is 0 Å². The zero-order valence-electron chi connectivity index (χ0n) is 15.6. The van der Waals surface area contributed by atoms with Gasteiger partial charge in [-0.3, -0.25) is 0 Å². The van der Waals surface area contributed by atoms with Gasteiger partial charge < -0.3 is 0 Å². The van der Waals surface area contributed by atoms with Crippen LogP contribution in [0.5, 0.6) is 0 Å². The second-order valence-corrected chi connectivity index (χ2v) is 8.71. The van der Waals surface area contributed by atoms with Crippen molar-refractivity contribution in [2.75, 3.05) is 4.83 Å². The molecule has 0 spiro atoms. The Kier molecular flexibility index (Phi) is 5.13. The summed E-state index contributed by atoms with van der Waals surface area (Å²) in [6, 6.07) is 25.1. The molecule has 0 atom stereocenters. The van der Waals surface area contributed by atoms with E-state index in [-0.39, 0.29) is 4.90 Å². The molecule has 0 unspecified atom stereocenters. The van der Waals surface area contributed by atoms with Crippen LogP contribution in [0.25, 0.3) is 22.5 Å². The van der Waals surface area contributed by atoms with E-state index in [9.17, 15) is 8.42 Å². The molecule has 0 saturated heterocycles. The highest BCUT2D eigenvalue weighted by molar-refractivity contribution is 7.92.